The second-order valence-corrected chi connectivity index (χ2v) is 2.41. The molecule has 0 unspecified atom stereocenters. The van der Waals surface area contributed by atoms with Crippen molar-refractivity contribution in [3.63, 3.8) is 0 Å². The van der Waals surface area contributed by atoms with Crippen LogP contribution >= 0.6 is 0 Å². The van der Waals surface area contributed by atoms with Crippen LogP contribution in [0.25, 0.3) is 0 Å². The van der Waals surface area contributed by atoms with Crippen LogP contribution in [0.5, 0.6) is 0 Å². The van der Waals surface area contributed by atoms with Crippen LogP contribution < -0.4 is 11.1 Å². The van der Waals surface area contributed by atoms with Gasteiger partial charge >= 0.3 is 6.43 Å². The van der Waals surface area contributed by atoms with Crippen LogP contribution in [0.3, 0.4) is 0 Å². The number of carbonyl (C=O) groups is 1. The molecule has 0 fully saturated rings. The van der Waals surface area contributed by atoms with E-state index < -0.39 is 12.3 Å². The molecule has 0 heterocycles. The Morgan fingerprint density at radius 1 is 1.31 bits per heavy atom. The van der Waals surface area contributed by atoms with E-state index in [4.69, 9.17) is 5.73 Å². The number of nitrogens with one attached hydrogen (secondary N) is 1. The molecule has 1 rings (SSSR count). The second kappa shape index (κ2) is 3.84. The summed E-state index contributed by atoms with van der Waals surface area (Å²) in [5.74, 6) is -1.32. The van der Waals surface area contributed by atoms with Crippen LogP contribution in [-0.4, -0.2) is 12.3 Å². The highest BCUT2D eigenvalue weighted by Crippen LogP contribution is 2.11. The summed E-state index contributed by atoms with van der Waals surface area (Å²) < 4.78 is 23.5. The molecule has 0 aromatic heterocycles. The summed E-state index contributed by atoms with van der Waals surface area (Å²) >= 11 is 0. The highest BCUT2D eigenvalue weighted by atomic mass is 19.3. The summed E-state index contributed by atoms with van der Waals surface area (Å²) in [6.45, 7) is 0. The maximum Gasteiger partial charge on any atom is 0.315 e. The van der Waals surface area contributed by atoms with E-state index in [-0.39, 0.29) is 0 Å². The first kappa shape index (κ1) is 9.44. The SMILES string of the molecule is Nc1ccc(NC(=O)C(F)F)cc1. The third-order valence-corrected chi connectivity index (χ3v) is 1.38. The molecule has 0 radical (unpaired) electrons. The summed E-state index contributed by atoms with van der Waals surface area (Å²) in [5, 5.41) is 2.02. The highest BCUT2D eigenvalue weighted by molar-refractivity contribution is 5.93. The molecule has 70 valence electrons. The van der Waals surface area contributed by atoms with Crippen molar-refractivity contribution in [2.24, 2.45) is 0 Å². The van der Waals surface area contributed by atoms with Crippen molar-refractivity contribution in [1.82, 2.24) is 0 Å². The molecule has 1 aromatic carbocycles. The number of nitrogens with two attached hydrogens (primary N) is 1. The minimum Gasteiger partial charge on any atom is -0.399 e. The summed E-state index contributed by atoms with van der Waals surface area (Å²) in [6, 6.07) is 5.94. The quantitative estimate of drug-likeness (QED) is 0.687. The van der Waals surface area contributed by atoms with Gasteiger partial charge in [0.05, 0.1) is 0 Å². The van der Waals surface area contributed by atoms with E-state index >= 15 is 0 Å². The van der Waals surface area contributed by atoms with Gasteiger partial charge in [-0.15, -0.1) is 0 Å². The van der Waals surface area contributed by atoms with Crippen molar-refractivity contribution in [1.29, 1.82) is 0 Å². The lowest BCUT2D eigenvalue weighted by molar-refractivity contribution is -0.126. The van der Waals surface area contributed by atoms with Gasteiger partial charge in [-0.25, -0.2) is 0 Å². The lowest BCUT2D eigenvalue weighted by Crippen LogP contribution is -2.19. The standard InChI is InChI=1S/C8H8F2N2O/c9-7(10)8(13)12-6-3-1-5(11)2-4-6/h1-4,7H,11H2,(H,12,13). The zero-order valence-electron chi connectivity index (χ0n) is 6.63. The third-order valence-electron chi connectivity index (χ3n) is 1.38. The number of halogens is 2. The Morgan fingerprint density at radius 3 is 2.31 bits per heavy atom. The molecule has 1 amide bonds. The predicted octanol–water partition coefficient (Wildman–Crippen LogP) is 1.47. The number of hydrogen-bond acceptors (Lipinski definition) is 2. The fraction of sp³-hybridized carbons (Fsp3) is 0.125. The van der Waals surface area contributed by atoms with E-state index in [1.807, 2.05) is 5.32 Å². The number of nitrogen functional groups attached to an aromatic ring is 1. The molecular weight excluding hydrogens is 178 g/mol. The molecule has 0 aliphatic heterocycles. The monoisotopic (exact) mass is 186 g/mol. The Hall–Kier alpha value is -1.65. The fourth-order valence-electron chi connectivity index (χ4n) is 0.763. The smallest absolute Gasteiger partial charge is 0.315 e. The van der Waals surface area contributed by atoms with Crippen molar-refractivity contribution in [2.45, 2.75) is 6.43 Å². The normalized spacial score (nSPS) is 10.1. The molecule has 5 heteroatoms. The molecule has 3 N–H and O–H groups in total. The van der Waals surface area contributed by atoms with Gasteiger partial charge in [0.1, 0.15) is 0 Å². The largest absolute Gasteiger partial charge is 0.399 e. The van der Waals surface area contributed by atoms with Crippen molar-refractivity contribution in [3.8, 4) is 0 Å². The van der Waals surface area contributed by atoms with Gasteiger partial charge in [-0.05, 0) is 24.3 Å². The summed E-state index contributed by atoms with van der Waals surface area (Å²) in [4.78, 5) is 10.5. The Balaban J connectivity index is 2.65. The minimum atomic E-state index is -3.00. The number of anilines is 2. The van der Waals surface area contributed by atoms with E-state index in [1.165, 1.54) is 24.3 Å². The van der Waals surface area contributed by atoms with Gasteiger partial charge < -0.3 is 11.1 Å². The van der Waals surface area contributed by atoms with Gasteiger partial charge in [-0.1, -0.05) is 0 Å². The second-order valence-electron chi connectivity index (χ2n) is 2.41. The van der Waals surface area contributed by atoms with Crippen LogP contribution in [0.1, 0.15) is 0 Å². The number of alkyl halides is 2. The van der Waals surface area contributed by atoms with Gasteiger partial charge in [-0.3, -0.25) is 4.79 Å². The lowest BCUT2D eigenvalue weighted by Gasteiger charge is -2.03. The van der Waals surface area contributed by atoms with Gasteiger partial charge in [0.15, 0.2) is 0 Å². The number of benzene rings is 1. The average molecular weight is 186 g/mol. The molecule has 0 saturated carbocycles. The molecule has 0 atom stereocenters. The molecule has 1 aromatic rings. The number of amides is 1. The molecule has 13 heavy (non-hydrogen) atoms. The summed E-state index contributed by atoms with van der Waals surface area (Å²) in [7, 11) is 0. The molecule has 0 aliphatic rings. The molecule has 0 spiro atoms. The van der Waals surface area contributed by atoms with Gasteiger partial charge in [0.25, 0.3) is 5.91 Å². The highest BCUT2D eigenvalue weighted by Gasteiger charge is 2.14. The first-order chi connectivity index (χ1) is 6.09. The van der Waals surface area contributed by atoms with Crippen LogP contribution in [0.15, 0.2) is 24.3 Å². The van der Waals surface area contributed by atoms with Gasteiger partial charge in [0.2, 0.25) is 0 Å². The lowest BCUT2D eigenvalue weighted by atomic mass is 10.3. The van der Waals surface area contributed by atoms with Crippen molar-refractivity contribution < 1.29 is 13.6 Å². The number of hydrogen-bond donors (Lipinski definition) is 2. The zero-order chi connectivity index (χ0) is 9.84. The van der Waals surface area contributed by atoms with Crippen LogP contribution in [0.4, 0.5) is 20.2 Å². The minimum absolute atomic E-state index is 0.305. The first-order valence-corrected chi connectivity index (χ1v) is 3.54. The Labute approximate surface area is 73.5 Å². The summed E-state index contributed by atoms with van der Waals surface area (Å²) in [5.41, 5.74) is 6.17. The van der Waals surface area contributed by atoms with Crippen LogP contribution in [0, 0.1) is 0 Å². The Morgan fingerprint density at radius 2 is 1.85 bits per heavy atom. The Kier molecular flexibility index (Phi) is 2.79. The van der Waals surface area contributed by atoms with Crippen molar-refractivity contribution in [2.75, 3.05) is 11.1 Å². The molecule has 0 saturated heterocycles. The zero-order valence-corrected chi connectivity index (χ0v) is 6.63. The van der Waals surface area contributed by atoms with E-state index in [1.54, 1.807) is 0 Å². The first-order valence-electron chi connectivity index (χ1n) is 3.54. The van der Waals surface area contributed by atoms with E-state index in [0.717, 1.165) is 0 Å². The fourth-order valence-corrected chi connectivity index (χ4v) is 0.763. The number of rotatable bonds is 2. The molecule has 3 nitrogen and oxygen atoms in total. The predicted molar refractivity (Wildman–Crippen MR) is 45.5 cm³/mol. The average Bonchev–Trinajstić information content (AvgIpc) is 2.08. The topological polar surface area (TPSA) is 55.1 Å². The van der Waals surface area contributed by atoms with E-state index in [0.29, 0.717) is 11.4 Å². The maximum absolute atomic E-state index is 11.8. The molecule has 0 bridgehead atoms. The van der Waals surface area contributed by atoms with E-state index in [9.17, 15) is 13.6 Å². The third kappa shape index (κ3) is 2.70. The Bertz CT molecular complexity index is 298. The maximum atomic E-state index is 11.8. The van der Waals surface area contributed by atoms with Gasteiger partial charge in [0, 0.05) is 11.4 Å². The van der Waals surface area contributed by atoms with Gasteiger partial charge in [-0.2, -0.15) is 8.78 Å². The van der Waals surface area contributed by atoms with Crippen molar-refractivity contribution >= 4 is 17.3 Å². The van der Waals surface area contributed by atoms with Crippen molar-refractivity contribution in [3.05, 3.63) is 24.3 Å². The number of carbonyl (C=O) groups excluding carboxylic acids is 1. The van der Waals surface area contributed by atoms with Crippen LogP contribution in [0.2, 0.25) is 0 Å². The molecular formula is C8H8F2N2O. The molecule has 0 aliphatic carbocycles. The van der Waals surface area contributed by atoms with Crippen LogP contribution in [-0.2, 0) is 4.79 Å². The van der Waals surface area contributed by atoms with E-state index in [2.05, 4.69) is 0 Å². The summed E-state index contributed by atoms with van der Waals surface area (Å²) in [6.07, 6.45) is -3.00.